The molecule has 3 rings (SSSR count). The zero-order valence-corrected chi connectivity index (χ0v) is 19.3. The number of hydrogen-bond acceptors (Lipinski definition) is 6. The third-order valence-electron chi connectivity index (χ3n) is 4.27. The molecule has 0 spiro atoms. The van der Waals surface area contributed by atoms with Crippen molar-refractivity contribution >= 4 is 44.5 Å². The summed E-state index contributed by atoms with van der Waals surface area (Å²) in [5.74, 6) is -1.48. The number of benzene rings is 2. The smallest absolute Gasteiger partial charge is 0.435 e. The van der Waals surface area contributed by atoms with E-state index in [1.165, 1.54) is 49.7 Å². The van der Waals surface area contributed by atoms with E-state index in [-0.39, 0.29) is 16.5 Å². The first-order valence-corrected chi connectivity index (χ1v) is 11.7. The van der Waals surface area contributed by atoms with Gasteiger partial charge in [-0.15, -0.1) is 10.2 Å². The number of aromatic nitrogens is 2. The molecule has 13 heteroatoms. The number of nitrogens with zero attached hydrogens (tertiary/aromatic N) is 3. The summed E-state index contributed by atoms with van der Waals surface area (Å²) in [6.07, 6.45) is -3.44. The third-order valence-corrected chi connectivity index (χ3v) is 6.63. The van der Waals surface area contributed by atoms with Gasteiger partial charge in [-0.1, -0.05) is 29.3 Å². The third kappa shape index (κ3) is 5.92. The summed E-state index contributed by atoms with van der Waals surface area (Å²) in [4.78, 5) is 13.2. The number of hydrogen-bond donors (Lipinski definition) is 1. The molecule has 174 valence electrons. The molecule has 1 heterocycles. The SMILES string of the molecule is CN=S(C)(=O)c1cccc(NC(=O)c2cc(C(F)(F)F)nnc2Oc2ccc(Cl)cc2Cl)c1. The number of ether oxygens (including phenoxy) is 1. The van der Waals surface area contributed by atoms with Crippen LogP contribution in [0.2, 0.25) is 10.0 Å². The van der Waals surface area contributed by atoms with E-state index < -0.39 is 38.9 Å². The van der Waals surface area contributed by atoms with Gasteiger partial charge in [-0.25, -0.2) is 8.57 Å². The van der Waals surface area contributed by atoms with Gasteiger partial charge in [-0.3, -0.25) is 4.79 Å². The van der Waals surface area contributed by atoms with Gasteiger partial charge in [0.15, 0.2) is 5.69 Å². The first kappa shape index (κ1) is 24.7. The Labute approximate surface area is 197 Å². The highest BCUT2D eigenvalue weighted by atomic mass is 35.5. The zero-order valence-electron chi connectivity index (χ0n) is 17.0. The molecule has 0 aliphatic heterocycles. The molecule has 3 aromatic rings. The molecule has 0 radical (unpaired) electrons. The summed E-state index contributed by atoms with van der Waals surface area (Å²) in [6.45, 7) is 0. The van der Waals surface area contributed by atoms with E-state index in [0.717, 1.165) is 0 Å². The van der Waals surface area contributed by atoms with Gasteiger partial charge in [0, 0.05) is 28.9 Å². The summed E-state index contributed by atoms with van der Waals surface area (Å²) in [5, 5.41) is 9.33. The monoisotopic (exact) mass is 518 g/mol. The van der Waals surface area contributed by atoms with Crippen LogP contribution in [-0.2, 0) is 15.9 Å². The molecule has 0 aliphatic rings. The summed E-state index contributed by atoms with van der Waals surface area (Å²) in [7, 11) is -1.31. The van der Waals surface area contributed by atoms with Gasteiger partial charge >= 0.3 is 6.18 Å². The molecular weight excluding hydrogens is 504 g/mol. The fourth-order valence-corrected chi connectivity index (χ4v) is 3.87. The first-order valence-electron chi connectivity index (χ1n) is 9.00. The molecule has 1 N–H and O–H groups in total. The predicted molar refractivity (Wildman–Crippen MR) is 119 cm³/mol. The molecule has 0 fully saturated rings. The molecule has 1 unspecified atom stereocenters. The number of anilines is 1. The lowest BCUT2D eigenvalue weighted by Gasteiger charge is -2.14. The second kappa shape index (κ2) is 9.54. The van der Waals surface area contributed by atoms with Crippen molar-refractivity contribution in [1.29, 1.82) is 0 Å². The van der Waals surface area contributed by atoms with Crippen LogP contribution in [0, 0.1) is 0 Å². The van der Waals surface area contributed by atoms with E-state index in [9.17, 15) is 22.2 Å². The summed E-state index contributed by atoms with van der Waals surface area (Å²) < 4.78 is 61.3. The van der Waals surface area contributed by atoms with Gasteiger partial charge in [0.1, 0.15) is 11.3 Å². The van der Waals surface area contributed by atoms with Gasteiger partial charge in [0.25, 0.3) is 11.8 Å². The number of rotatable bonds is 5. The maximum Gasteiger partial charge on any atom is 0.435 e. The van der Waals surface area contributed by atoms with Crippen LogP contribution in [0.5, 0.6) is 11.6 Å². The van der Waals surface area contributed by atoms with E-state index in [0.29, 0.717) is 16.0 Å². The van der Waals surface area contributed by atoms with E-state index in [2.05, 4.69) is 19.9 Å². The normalized spacial score (nSPS) is 13.2. The number of halogens is 5. The summed E-state index contributed by atoms with van der Waals surface area (Å²) in [6, 6.07) is 10.6. The first-order chi connectivity index (χ1) is 15.4. The topological polar surface area (TPSA) is 93.5 Å². The van der Waals surface area contributed by atoms with Crippen molar-refractivity contribution < 1.29 is 26.9 Å². The lowest BCUT2D eigenvalue weighted by atomic mass is 10.2. The number of carbonyl (C=O) groups excluding carboxylic acids is 1. The summed E-state index contributed by atoms with van der Waals surface area (Å²) in [5.41, 5.74) is -1.76. The van der Waals surface area contributed by atoms with Crippen LogP contribution >= 0.6 is 23.2 Å². The van der Waals surface area contributed by atoms with Crippen LogP contribution in [-0.4, -0.2) is 33.6 Å². The van der Waals surface area contributed by atoms with Crippen molar-refractivity contribution in [2.75, 3.05) is 18.6 Å². The van der Waals surface area contributed by atoms with E-state index in [4.69, 9.17) is 27.9 Å². The molecule has 0 bridgehead atoms. The number of amides is 1. The number of alkyl halides is 3. The quantitative estimate of drug-likeness (QED) is 0.451. The van der Waals surface area contributed by atoms with E-state index in [1.54, 1.807) is 6.07 Å². The average molecular weight is 519 g/mol. The average Bonchev–Trinajstić information content (AvgIpc) is 2.75. The Morgan fingerprint density at radius 2 is 1.85 bits per heavy atom. The van der Waals surface area contributed by atoms with Gasteiger partial charge in [-0.05, 0) is 42.5 Å². The lowest BCUT2D eigenvalue weighted by molar-refractivity contribution is -0.141. The molecule has 0 saturated carbocycles. The number of carbonyl (C=O) groups is 1. The molecule has 2 aromatic carbocycles. The molecule has 1 aromatic heterocycles. The van der Waals surface area contributed by atoms with Gasteiger partial charge < -0.3 is 10.1 Å². The Morgan fingerprint density at radius 3 is 2.48 bits per heavy atom. The highest BCUT2D eigenvalue weighted by Crippen LogP contribution is 2.34. The molecule has 0 saturated heterocycles. The molecular formula is C20H15Cl2F3N4O3S. The maximum atomic E-state index is 13.2. The lowest BCUT2D eigenvalue weighted by Crippen LogP contribution is -2.18. The fourth-order valence-electron chi connectivity index (χ4n) is 2.53. The second-order valence-electron chi connectivity index (χ2n) is 6.59. The molecule has 1 amide bonds. The minimum absolute atomic E-state index is 0.00134. The van der Waals surface area contributed by atoms with Crippen molar-refractivity contribution in [2.24, 2.45) is 4.36 Å². The Kier molecular flexibility index (Phi) is 7.15. The standard InChI is InChI=1S/C20H15Cl2F3N4O3S/c1-26-33(2,31)13-5-3-4-12(9-13)27-18(30)14-10-17(20(23,24)25)28-29-19(14)32-16-7-6-11(21)8-15(16)22/h3-10H,1-2H3,(H,27,30). The second-order valence-corrected chi connectivity index (χ2v) is 9.88. The minimum atomic E-state index is -4.85. The Morgan fingerprint density at radius 1 is 1.12 bits per heavy atom. The van der Waals surface area contributed by atoms with Crippen LogP contribution in [0.15, 0.2) is 57.8 Å². The van der Waals surface area contributed by atoms with Crippen LogP contribution in [0.1, 0.15) is 16.1 Å². The highest BCUT2D eigenvalue weighted by molar-refractivity contribution is 7.93. The van der Waals surface area contributed by atoms with Crippen LogP contribution in [0.4, 0.5) is 18.9 Å². The Bertz CT molecular complexity index is 1340. The largest absolute Gasteiger partial charge is 0.435 e. The van der Waals surface area contributed by atoms with Crippen molar-refractivity contribution in [3.8, 4) is 11.6 Å². The van der Waals surface area contributed by atoms with Crippen molar-refractivity contribution in [2.45, 2.75) is 11.1 Å². The predicted octanol–water partition coefficient (Wildman–Crippen LogP) is 5.93. The van der Waals surface area contributed by atoms with Crippen molar-refractivity contribution in [3.63, 3.8) is 0 Å². The molecule has 33 heavy (non-hydrogen) atoms. The van der Waals surface area contributed by atoms with Crippen LogP contribution in [0.3, 0.4) is 0 Å². The molecule has 1 atom stereocenters. The van der Waals surface area contributed by atoms with Crippen LogP contribution in [0.25, 0.3) is 0 Å². The van der Waals surface area contributed by atoms with E-state index in [1.807, 2.05) is 0 Å². The maximum absolute atomic E-state index is 13.2. The van der Waals surface area contributed by atoms with Gasteiger partial charge in [0.05, 0.1) is 14.8 Å². The zero-order chi connectivity index (χ0) is 24.4. The fraction of sp³-hybridized carbons (Fsp3) is 0.150. The Balaban J connectivity index is 2.01. The molecule has 0 aliphatic carbocycles. The van der Waals surface area contributed by atoms with Gasteiger partial charge in [0.2, 0.25) is 0 Å². The molecule has 7 nitrogen and oxygen atoms in total. The van der Waals surface area contributed by atoms with Crippen LogP contribution < -0.4 is 10.1 Å². The Hall–Kier alpha value is -2.89. The number of nitrogens with one attached hydrogen (secondary N) is 1. The summed E-state index contributed by atoms with van der Waals surface area (Å²) >= 11 is 11.9. The minimum Gasteiger partial charge on any atom is -0.435 e. The highest BCUT2D eigenvalue weighted by Gasteiger charge is 2.35. The van der Waals surface area contributed by atoms with Crippen molar-refractivity contribution in [1.82, 2.24) is 10.2 Å². The van der Waals surface area contributed by atoms with Gasteiger partial charge in [-0.2, -0.15) is 13.2 Å². The van der Waals surface area contributed by atoms with Crippen molar-refractivity contribution in [3.05, 3.63) is 69.8 Å². The van der Waals surface area contributed by atoms with E-state index >= 15 is 0 Å².